The van der Waals surface area contributed by atoms with E-state index >= 15 is 0 Å². The van der Waals surface area contributed by atoms with E-state index in [2.05, 4.69) is 9.47 Å². The molecule has 0 aliphatic carbocycles. The van der Waals surface area contributed by atoms with Crippen LogP contribution in [0.25, 0.3) is 0 Å². The first-order valence-corrected chi connectivity index (χ1v) is 5.49. The van der Waals surface area contributed by atoms with Gasteiger partial charge in [0.05, 0.1) is 0 Å². The minimum Gasteiger partial charge on any atom is -0.490 e. The van der Waals surface area contributed by atoms with E-state index in [4.69, 9.17) is 16.3 Å². The van der Waals surface area contributed by atoms with E-state index in [0.29, 0.717) is 0 Å². The molecule has 0 aliphatic heterocycles. The van der Waals surface area contributed by atoms with E-state index < -0.39 is 23.6 Å². The van der Waals surface area contributed by atoms with Crippen molar-refractivity contribution < 1.29 is 32.2 Å². The lowest BCUT2D eigenvalue weighted by atomic mass is 10.3. The number of hydrogen-bond donors (Lipinski definition) is 0. The van der Waals surface area contributed by atoms with Crippen molar-refractivity contribution in [2.45, 2.75) is 19.4 Å². The normalized spacial score (nSPS) is 12.7. The third-order valence-corrected chi connectivity index (χ3v) is 1.91. The molecule has 0 N–H and O–H groups in total. The van der Waals surface area contributed by atoms with E-state index in [1.165, 1.54) is 19.1 Å². The number of carbonyl (C=O) groups is 1. The van der Waals surface area contributed by atoms with E-state index in [9.17, 15) is 18.0 Å². The van der Waals surface area contributed by atoms with Crippen molar-refractivity contribution in [3.8, 4) is 11.5 Å². The Morgan fingerprint density at radius 2 is 2.00 bits per heavy atom. The summed E-state index contributed by atoms with van der Waals surface area (Å²) < 4.78 is 49.4. The zero-order valence-electron chi connectivity index (χ0n) is 9.74. The standard InChI is InChI=1S/C11H10ClF3O4/c1-7(18-10(12)16)6-17-8-3-2-4-9(5-8)19-11(13,14)15/h2-5,7H,6H2,1H3. The van der Waals surface area contributed by atoms with Crippen LogP contribution in [0.5, 0.6) is 11.5 Å². The molecule has 0 radical (unpaired) electrons. The molecular formula is C11H10ClF3O4. The molecule has 1 rings (SSSR count). The summed E-state index contributed by atoms with van der Waals surface area (Å²) in [6, 6.07) is 5.00. The van der Waals surface area contributed by atoms with Crippen molar-refractivity contribution in [2.24, 2.45) is 0 Å². The second-order valence-corrected chi connectivity index (χ2v) is 3.81. The van der Waals surface area contributed by atoms with Crippen molar-refractivity contribution in [1.82, 2.24) is 0 Å². The zero-order valence-corrected chi connectivity index (χ0v) is 10.5. The van der Waals surface area contributed by atoms with Crippen LogP contribution in [0, 0.1) is 0 Å². The first-order chi connectivity index (χ1) is 8.76. The first-order valence-electron chi connectivity index (χ1n) is 5.11. The summed E-state index contributed by atoms with van der Waals surface area (Å²) in [5.74, 6) is -0.244. The van der Waals surface area contributed by atoms with Gasteiger partial charge in [-0.3, -0.25) is 0 Å². The Labute approximate surface area is 112 Å². The average Bonchev–Trinajstić information content (AvgIpc) is 2.23. The molecule has 0 bridgehead atoms. The molecule has 0 spiro atoms. The summed E-state index contributed by atoms with van der Waals surface area (Å²) in [7, 11) is 0. The topological polar surface area (TPSA) is 44.8 Å². The van der Waals surface area contributed by atoms with Crippen LogP contribution in [-0.2, 0) is 4.74 Å². The van der Waals surface area contributed by atoms with E-state index in [0.717, 1.165) is 12.1 Å². The third-order valence-electron chi connectivity index (χ3n) is 1.82. The minimum atomic E-state index is -4.76. The second-order valence-electron chi connectivity index (χ2n) is 3.50. The van der Waals surface area contributed by atoms with E-state index in [1.807, 2.05) is 0 Å². The summed E-state index contributed by atoms with van der Waals surface area (Å²) in [4.78, 5) is 10.4. The van der Waals surface area contributed by atoms with Crippen LogP contribution in [0.4, 0.5) is 18.0 Å². The molecular weight excluding hydrogens is 289 g/mol. The van der Waals surface area contributed by atoms with Gasteiger partial charge in [-0.1, -0.05) is 6.07 Å². The maximum absolute atomic E-state index is 12.0. The molecule has 19 heavy (non-hydrogen) atoms. The van der Waals surface area contributed by atoms with Gasteiger partial charge in [-0.2, -0.15) is 0 Å². The van der Waals surface area contributed by atoms with E-state index in [1.54, 1.807) is 0 Å². The summed E-state index contributed by atoms with van der Waals surface area (Å²) in [5, 5.41) is 0. The highest BCUT2D eigenvalue weighted by Crippen LogP contribution is 2.26. The SMILES string of the molecule is CC(COc1cccc(OC(F)(F)F)c1)OC(=O)Cl. The highest BCUT2D eigenvalue weighted by atomic mass is 35.5. The molecule has 0 saturated heterocycles. The molecule has 0 aromatic heterocycles. The fraction of sp³-hybridized carbons (Fsp3) is 0.364. The molecule has 0 aliphatic rings. The Bertz CT molecular complexity index is 436. The van der Waals surface area contributed by atoms with Gasteiger partial charge in [0.15, 0.2) is 0 Å². The Balaban J connectivity index is 2.55. The van der Waals surface area contributed by atoms with Crippen LogP contribution in [0.3, 0.4) is 0 Å². The number of halogens is 4. The number of benzene rings is 1. The molecule has 1 unspecified atom stereocenters. The second kappa shape index (κ2) is 6.51. The monoisotopic (exact) mass is 298 g/mol. The van der Waals surface area contributed by atoms with Crippen LogP contribution in [0.15, 0.2) is 24.3 Å². The van der Waals surface area contributed by atoms with Crippen LogP contribution in [0.2, 0.25) is 0 Å². The summed E-state index contributed by atoms with van der Waals surface area (Å²) in [6.07, 6.45) is -5.39. The lowest BCUT2D eigenvalue weighted by molar-refractivity contribution is -0.274. The molecule has 0 fully saturated rings. The van der Waals surface area contributed by atoms with Gasteiger partial charge in [0.2, 0.25) is 0 Å². The van der Waals surface area contributed by atoms with Gasteiger partial charge in [-0.05, 0) is 19.1 Å². The molecule has 1 aromatic rings. The molecule has 0 amide bonds. The van der Waals surface area contributed by atoms with Gasteiger partial charge >= 0.3 is 11.8 Å². The molecule has 1 atom stereocenters. The van der Waals surface area contributed by atoms with Gasteiger partial charge in [-0.25, -0.2) is 4.79 Å². The third kappa shape index (κ3) is 6.76. The van der Waals surface area contributed by atoms with Gasteiger partial charge in [-0.15, -0.1) is 13.2 Å². The highest BCUT2D eigenvalue weighted by molar-refractivity contribution is 6.61. The minimum absolute atomic E-state index is 0.0477. The molecule has 8 heteroatoms. The molecule has 0 saturated carbocycles. The number of hydrogen-bond acceptors (Lipinski definition) is 4. The van der Waals surface area contributed by atoms with Crippen molar-refractivity contribution >= 4 is 17.0 Å². The lowest BCUT2D eigenvalue weighted by Crippen LogP contribution is -2.19. The maximum Gasteiger partial charge on any atom is 0.573 e. The van der Waals surface area contributed by atoms with E-state index in [-0.39, 0.29) is 12.4 Å². The van der Waals surface area contributed by atoms with Gasteiger partial charge in [0, 0.05) is 17.7 Å². The molecule has 0 heterocycles. The summed E-state index contributed by atoms with van der Waals surface area (Å²) in [6.45, 7) is 1.48. The molecule has 4 nitrogen and oxygen atoms in total. The van der Waals surface area contributed by atoms with Crippen LogP contribution in [0.1, 0.15) is 6.92 Å². The highest BCUT2D eigenvalue weighted by Gasteiger charge is 2.31. The molecule has 106 valence electrons. The smallest absolute Gasteiger partial charge is 0.490 e. The predicted molar refractivity (Wildman–Crippen MR) is 60.4 cm³/mol. The predicted octanol–water partition coefficient (Wildman–Crippen LogP) is 3.73. The quantitative estimate of drug-likeness (QED) is 0.777. The number of carbonyl (C=O) groups excluding carboxylic acids is 1. The van der Waals surface area contributed by atoms with Gasteiger partial charge < -0.3 is 14.2 Å². The molecule has 1 aromatic carbocycles. The Hall–Kier alpha value is -1.63. The fourth-order valence-electron chi connectivity index (χ4n) is 1.17. The summed E-state index contributed by atoms with van der Waals surface area (Å²) in [5.41, 5.74) is -0.981. The van der Waals surface area contributed by atoms with Crippen LogP contribution < -0.4 is 9.47 Å². The van der Waals surface area contributed by atoms with Crippen LogP contribution in [-0.4, -0.2) is 24.5 Å². The largest absolute Gasteiger partial charge is 0.573 e. The fourth-order valence-corrected chi connectivity index (χ4v) is 1.32. The number of rotatable bonds is 5. The van der Waals surface area contributed by atoms with Crippen molar-refractivity contribution in [2.75, 3.05) is 6.61 Å². The Morgan fingerprint density at radius 1 is 1.37 bits per heavy atom. The Morgan fingerprint density at radius 3 is 2.58 bits per heavy atom. The average molecular weight is 299 g/mol. The number of ether oxygens (including phenoxy) is 3. The first kappa shape index (κ1) is 15.4. The maximum atomic E-state index is 12.0. The lowest BCUT2D eigenvalue weighted by Gasteiger charge is -2.13. The van der Waals surface area contributed by atoms with Crippen LogP contribution >= 0.6 is 11.6 Å². The zero-order chi connectivity index (χ0) is 14.5. The van der Waals surface area contributed by atoms with Crippen molar-refractivity contribution in [3.63, 3.8) is 0 Å². The van der Waals surface area contributed by atoms with Gasteiger partial charge in [0.1, 0.15) is 24.2 Å². The summed E-state index contributed by atoms with van der Waals surface area (Å²) >= 11 is 4.99. The van der Waals surface area contributed by atoms with Crippen molar-refractivity contribution in [3.05, 3.63) is 24.3 Å². The van der Waals surface area contributed by atoms with Gasteiger partial charge in [0.25, 0.3) is 0 Å². The Kier molecular flexibility index (Phi) is 5.29. The van der Waals surface area contributed by atoms with Crippen molar-refractivity contribution in [1.29, 1.82) is 0 Å². The number of alkyl halides is 3.